The van der Waals surface area contributed by atoms with Gasteiger partial charge in [-0.1, -0.05) is 6.07 Å². The van der Waals surface area contributed by atoms with Crippen LogP contribution >= 0.6 is 0 Å². The summed E-state index contributed by atoms with van der Waals surface area (Å²) < 4.78 is 0. The molecule has 0 saturated heterocycles. The third-order valence-electron chi connectivity index (χ3n) is 2.08. The topological polar surface area (TPSA) is 73.4 Å². The van der Waals surface area contributed by atoms with Crippen molar-refractivity contribution in [3.63, 3.8) is 0 Å². The van der Waals surface area contributed by atoms with E-state index in [1.165, 1.54) is 6.20 Å². The maximum Gasteiger partial charge on any atom is 0.141 e. The fourth-order valence-electron chi connectivity index (χ4n) is 1.35. The molecule has 2 rings (SSSR count). The van der Waals surface area contributed by atoms with Gasteiger partial charge in [0.25, 0.3) is 0 Å². The summed E-state index contributed by atoms with van der Waals surface area (Å²) in [5.41, 5.74) is 2.08. The van der Waals surface area contributed by atoms with Crippen molar-refractivity contribution >= 4 is 0 Å². The molecule has 0 aromatic carbocycles. The van der Waals surface area contributed by atoms with Crippen LogP contribution in [0.4, 0.5) is 0 Å². The molecule has 0 bridgehead atoms. The number of hydrogen-bond acceptors (Lipinski definition) is 4. The highest BCUT2D eigenvalue weighted by Gasteiger charge is 2.06. The Labute approximate surface area is 92.4 Å². The molecule has 0 saturated carbocycles. The molecule has 4 nitrogen and oxygen atoms in total. The molecule has 0 atom stereocenters. The molecular formula is C12H6N4. The Morgan fingerprint density at radius 3 is 2.69 bits per heavy atom. The van der Waals surface area contributed by atoms with Gasteiger partial charge in [0, 0.05) is 18.0 Å². The molecule has 0 unspecified atom stereocenters. The Hall–Kier alpha value is -2.72. The smallest absolute Gasteiger partial charge is 0.141 e. The van der Waals surface area contributed by atoms with Crippen molar-refractivity contribution in [3.8, 4) is 23.4 Å². The third-order valence-corrected chi connectivity index (χ3v) is 2.08. The van der Waals surface area contributed by atoms with Crippen molar-refractivity contribution in [3.05, 3.63) is 47.9 Å². The van der Waals surface area contributed by atoms with E-state index in [0.717, 1.165) is 0 Å². The van der Waals surface area contributed by atoms with Crippen molar-refractivity contribution in [2.24, 2.45) is 0 Å². The van der Waals surface area contributed by atoms with E-state index in [-0.39, 0.29) is 0 Å². The lowest BCUT2D eigenvalue weighted by Crippen LogP contribution is -1.90. The second kappa shape index (κ2) is 4.20. The van der Waals surface area contributed by atoms with Crippen molar-refractivity contribution in [2.75, 3.05) is 0 Å². The van der Waals surface area contributed by atoms with Crippen LogP contribution in [0.3, 0.4) is 0 Å². The van der Waals surface area contributed by atoms with Crippen LogP contribution in [0.15, 0.2) is 36.7 Å². The Morgan fingerprint density at radius 1 is 1.06 bits per heavy atom. The fourth-order valence-corrected chi connectivity index (χ4v) is 1.35. The van der Waals surface area contributed by atoms with Crippen LogP contribution in [0.25, 0.3) is 11.3 Å². The Morgan fingerprint density at radius 2 is 1.94 bits per heavy atom. The van der Waals surface area contributed by atoms with Crippen LogP contribution in [-0.4, -0.2) is 9.97 Å². The molecule has 0 aliphatic heterocycles. The number of aromatic nitrogens is 2. The highest BCUT2D eigenvalue weighted by molar-refractivity contribution is 5.66. The Balaban J connectivity index is 2.60. The maximum absolute atomic E-state index is 8.92. The maximum atomic E-state index is 8.92. The van der Waals surface area contributed by atoms with Crippen LogP contribution < -0.4 is 0 Å². The normalized spacial score (nSPS) is 9.12. The summed E-state index contributed by atoms with van der Waals surface area (Å²) in [7, 11) is 0. The molecular weight excluding hydrogens is 200 g/mol. The molecule has 2 heterocycles. The van der Waals surface area contributed by atoms with E-state index in [4.69, 9.17) is 10.5 Å². The fraction of sp³-hybridized carbons (Fsp3) is 0. The SMILES string of the molecule is N#Cc1cccc(-c2ccncc2C#N)n1. The van der Waals surface area contributed by atoms with E-state index in [1.54, 1.807) is 30.5 Å². The van der Waals surface area contributed by atoms with Gasteiger partial charge in [-0.25, -0.2) is 4.98 Å². The number of pyridine rings is 2. The van der Waals surface area contributed by atoms with Crippen LogP contribution in [0, 0.1) is 22.7 Å². The molecule has 2 aromatic heterocycles. The van der Waals surface area contributed by atoms with Crippen LogP contribution in [0.2, 0.25) is 0 Å². The summed E-state index contributed by atoms with van der Waals surface area (Å²) in [4.78, 5) is 8.00. The standard InChI is InChI=1S/C12H6N4/c13-6-9-8-15-5-4-11(9)12-3-1-2-10(7-14)16-12/h1-5,8H. The van der Waals surface area contributed by atoms with Crippen molar-refractivity contribution < 1.29 is 0 Å². The van der Waals surface area contributed by atoms with E-state index < -0.39 is 0 Å². The molecule has 0 N–H and O–H groups in total. The molecule has 74 valence electrons. The zero-order valence-electron chi connectivity index (χ0n) is 8.25. The number of rotatable bonds is 1. The number of nitrogens with zero attached hydrogens (tertiary/aromatic N) is 4. The Bertz CT molecular complexity index is 605. The average Bonchev–Trinajstić information content (AvgIpc) is 2.38. The average molecular weight is 206 g/mol. The molecule has 0 fully saturated rings. The van der Waals surface area contributed by atoms with Crippen molar-refractivity contribution in [2.45, 2.75) is 0 Å². The summed E-state index contributed by atoms with van der Waals surface area (Å²) in [5.74, 6) is 0. The lowest BCUT2D eigenvalue weighted by Gasteiger charge is -2.02. The van der Waals surface area contributed by atoms with E-state index in [2.05, 4.69) is 9.97 Å². The number of nitriles is 2. The van der Waals surface area contributed by atoms with E-state index in [9.17, 15) is 0 Å². The third kappa shape index (κ3) is 1.73. The summed E-state index contributed by atoms with van der Waals surface area (Å²) in [6.45, 7) is 0. The minimum absolute atomic E-state index is 0.332. The van der Waals surface area contributed by atoms with Gasteiger partial charge in [0.2, 0.25) is 0 Å². The molecule has 0 radical (unpaired) electrons. The molecule has 0 aliphatic carbocycles. The first-order valence-electron chi connectivity index (χ1n) is 4.57. The second-order valence-corrected chi connectivity index (χ2v) is 3.05. The van der Waals surface area contributed by atoms with Gasteiger partial charge in [-0.3, -0.25) is 4.98 Å². The lowest BCUT2D eigenvalue weighted by molar-refractivity contribution is 1.24. The molecule has 0 amide bonds. The second-order valence-electron chi connectivity index (χ2n) is 3.05. The minimum atomic E-state index is 0.332. The van der Waals surface area contributed by atoms with Gasteiger partial charge in [0.15, 0.2) is 0 Å². The lowest BCUT2D eigenvalue weighted by atomic mass is 10.1. The molecule has 16 heavy (non-hydrogen) atoms. The van der Waals surface area contributed by atoms with Gasteiger partial charge in [0.1, 0.15) is 17.8 Å². The zero-order chi connectivity index (χ0) is 11.4. The predicted molar refractivity (Wildman–Crippen MR) is 56.9 cm³/mol. The van der Waals surface area contributed by atoms with Gasteiger partial charge in [-0.05, 0) is 18.2 Å². The monoisotopic (exact) mass is 206 g/mol. The summed E-state index contributed by atoms with van der Waals surface area (Å²) in [5, 5.41) is 17.7. The minimum Gasteiger partial charge on any atom is -0.263 e. The van der Waals surface area contributed by atoms with Gasteiger partial charge < -0.3 is 0 Å². The first-order valence-corrected chi connectivity index (χ1v) is 4.57. The first kappa shape index (κ1) is 9.82. The molecule has 4 heteroatoms. The van der Waals surface area contributed by atoms with Crippen LogP contribution in [0.1, 0.15) is 11.3 Å². The molecule has 0 aliphatic rings. The highest BCUT2D eigenvalue weighted by Crippen LogP contribution is 2.20. The van der Waals surface area contributed by atoms with E-state index in [0.29, 0.717) is 22.5 Å². The summed E-state index contributed by atoms with van der Waals surface area (Å²) in [6, 6.07) is 10.8. The molecule has 0 spiro atoms. The Kier molecular flexibility index (Phi) is 2.58. The van der Waals surface area contributed by atoms with Gasteiger partial charge >= 0.3 is 0 Å². The van der Waals surface area contributed by atoms with Gasteiger partial charge in [0.05, 0.1) is 11.3 Å². The van der Waals surface area contributed by atoms with Crippen molar-refractivity contribution in [1.82, 2.24) is 9.97 Å². The largest absolute Gasteiger partial charge is 0.263 e. The van der Waals surface area contributed by atoms with Gasteiger partial charge in [-0.2, -0.15) is 10.5 Å². The summed E-state index contributed by atoms with van der Waals surface area (Å²) in [6.07, 6.45) is 3.08. The van der Waals surface area contributed by atoms with E-state index in [1.807, 2.05) is 12.1 Å². The zero-order valence-corrected chi connectivity index (χ0v) is 8.25. The van der Waals surface area contributed by atoms with Crippen molar-refractivity contribution in [1.29, 1.82) is 10.5 Å². The first-order chi connectivity index (χ1) is 7.85. The van der Waals surface area contributed by atoms with E-state index >= 15 is 0 Å². The highest BCUT2D eigenvalue weighted by atomic mass is 14.7. The predicted octanol–water partition coefficient (Wildman–Crippen LogP) is 1.89. The summed E-state index contributed by atoms with van der Waals surface area (Å²) >= 11 is 0. The quantitative estimate of drug-likeness (QED) is 0.714. The number of hydrogen-bond donors (Lipinski definition) is 0. The van der Waals surface area contributed by atoms with Gasteiger partial charge in [-0.15, -0.1) is 0 Å². The van der Waals surface area contributed by atoms with Crippen LogP contribution in [-0.2, 0) is 0 Å². The molecule has 2 aromatic rings. The van der Waals surface area contributed by atoms with Crippen LogP contribution in [0.5, 0.6) is 0 Å².